The van der Waals surface area contributed by atoms with E-state index in [1.165, 1.54) is 7.11 Å². The summed E-state index contributed by atoms with van der Waals surface area (Å²) in [5.74, 6) is -0.329. The summed E-state index contributed by atoms with van der Waals surface area (Å²) in [5, 5.41) is 10.1. The molecule has 2 atom stereocenters. The zero-order valence-electron chi connectivity index (χ0n) is 11.1. The molecule has 0 aliphatic heterocycles. The molecular weight excluding hydrogens is 232 g/mol. The largest absolute Gasteiger partial charge is 0.494 e. The SMILES string of the molecule is CCCOc1cccc(C(O)C(C)C(=O)OC)c1. The molecule has 18 heavy (non-hydrogen) atoms. The number of aliphatic hydroxyl groups is 1. The van der Waals surface area contributed by atoms with Crippen LogP contribution in [0.15, 0.2) is 24.3 Å². The van der Waals surface area contributed by atoms with E-state index in [4.69, 9.17) is 4.74 Å². The summed E-state index contributed by atoms with van der Waals surface area (Å²) in [6.07, 6.45) is 0.0355. The Morgan fingerprint density at radius 1 is 1.44 bits per heavy atom. The number of esters is 1. The van der Waals surface area contributed by atoms with Crippen molar-refractivity contribution in [3.05, 3.63) is 29.8 Å². The first-order chi connectivity index (χ1) is 8.60. The van der Waals surface area contributed by atoms with Crippen LogP contribution in [-0.4, -0.2) is 24.8 Å². The van der Waals surface area contributed by atoms with Crippen LogP contribution < -0.4 is 4.74 Å². The fraction of sp³-hybridized carbons (Fsp3) is 0.500. The number of ether oxygens (including phenoxy) is 2. The van der Waals surface area contributed by atoms with Crippen LogP contribution >= 0.6 is 0 Å². The van der Waals surface area contributed by atoms with E-state index in [9.17, 15) is 9.90 Å². The standard InChI is InChI=1S/C14H20O4/c1-4-8-18-12-7-5-6-11(9-12)13(15)10(2)14(16)17-3/h5-7,9-10,13,15H,4,8H2,1-3H3. The number of rotatable bonds is 6. The monoisotopic (exact) mass is 252 g/mol. The summed E-state index contributed by atoms with van der Waals surface area (Å²) < 4.78 is 10.1. The number of aliphatic hydroxyl groups excluding tert-OH is 1. The van der Waals surface area contributed by atoms with Crippen molar-refractivity contribution in [1.29, 1.82) is 0 Å². The molecule has 1 N–H and O–H groups in total. The number of hydrogen-bond donors (Lipinski definition) is 1. The normalized spacial score (nSPS) is 13.8. The van der Waals surface area contributed by atoms with Crippen molar-refractivity contribution in [3.63, 3.8) is 0 Å². The van der Waals surface area contributed by atoms with Crippen molar-refractivity contribution in [3.8, 4) is 5.75 Å². The van der Waals surface area contributed by atoms with Crippen molar-refractivity contribution < 1.29 is 19.4 Å². The van der Waals surface area contributed by atoms with Gasteiger partial charge in [-0.1, -0.05) is 19.1 Å². The van der Waals surface area contributed by atoms with Gasteiger partial charge in [0.2, 0.25) is 0 Å². The second kappa shape index (κ2) is 7.01. The minimum atomic E-state index is -0.886. The quantitative estimate of drug-likeness (QED) is 0.789. The highest BCUT2D eigenvalue weighted by Gasteiger charge is 2.24. The summed E-state index contributed by atoms with van der Waals surface area (Å²) in [4.78, 5) is 11.4. The number of hydrogen-bond acceptors (Lipinski definition) is 4. The van der Waals surface area contributed by atoms with E-state index in [-0.39, 0.29) is 0 Å². The average Bonchev–Trinajstić information content (AvgIpc) is 2.42. The highest BCUT2D eigenvalue weighted by Crippen LogP contribution is 2.25. The predicted molar refractivity (Wildman–Crippen MR) is 68.4 cm³/mol. The Hall–Kier alpha value is -1.55. The Morgan fingerprint density at radius 3 is 2.78 bits per heavy atom. The molecule has 0 amide bonds. The Labute approximate surface area is 108 Å². The molecule has 0 saturated heterocycles. The van der Waals surface area contributed by atoms with Gasteiger partial charge in [-0.15, -0.1) is 0 Å². The fourth-order valence-corrected chi connectivity index (χ4v) is 1.61. The third-order valence-corrected chi connectivity index (χ3v) is 2.72. The Balaban J connectivity index is 2.79. The van der Waals surface area contributed by atoms with Crippen LogP contribution in [0.1, 0.15) is 31.9 Å². The molecule has 4 nitrogen and oxygen atoms in total. The zero-order chi connectivity index (χ0) is 13.5. The third-order valence-electron chi connectivity index (χ3n) is 2.72. The van der Waals surface area contributed by atoms with Crippen LogP contribution in [0.2, 0.25) is 0 Å². The average molecular weight is 252 g/mol. The van der Waals surface area contributed by atoms with Gasteiger partial charge in [-0.2, -0.15) is 0 Å². The summed E-state index contributed by atoms with van der Waals surface area (Å²) in [5.41, 5.74) is 0.654. The minimum absolute atomic E-state index is 0.428. The van der Waals surface area contributed by atoms with E-state index in [0.29, 0.717) is 17.9 Å². The Bertz CT molecular complexity index is 389. The van der Waals surface area contributed by atoms with Crippen LogP contribution in [0, 0.1) is 5.92 Å². The van der Waals surface area contributed by atoms with Gasteiger partial charge in [0.15, 0.2) is 0 Å². The summed E-state index contributed by atoms with van der Waals surface area (Å²) in [6, 6.07) is 7.14. The fourth-order valence-electron chi connectivity index (χ4n) is 1.61. The first-order valence-electron chi connectivity index (χ1n) is 6.08. The smallest absolute Gasteiger partial charge is 0.311 e. The Kier molecular flexibility index (Phi) is 5.65. The molecule has 0 spiro atoms. The minimum Gasteiger partial charge on any atom is -0.494 e. The van der Waals surface area contributed by atoms with Crippen molar-refractivity contribution in [1.82, 2.24) is 0 Å². The lowest BCUT2D eigenvalue weighted by atomic mass is 9.97. The van der Waals surface area contributed by atoms with Gasteiger partial charge in [-0.3, -0.25) is 4.79 Å². The van der Waals surface area contributed by atoms with Crippen molar-refractivity contribution in [2.45, 2.75) is 26.4 Å². The highest BCUT2D eigenvalue weighted by molar-refractivity contribution is 5.72. The van der Waals surface area contributed by atoms with Gasteiger partial charge in [0.25, 0.3) is 0 Å². The summed E-state index contributed by atoms with van der Waals surface area (Å²) in [7, 11) is 1.31. The summed E-state index contributed by atoms with van der Waals surface area (Å²) in [6.45, 7) is 4.29. The first-order valence-corrected chi connectivity index (χ1v) is 6.08. The second-order valence-corrected chi connectivity index (χ2v) is 4.18. The number of carbonyl (C=O) groups is 1. The van der Waals surface area contributed by atoms with Crippen molar-refractivity contribution >= 4 is 5.97 Å². The van der Waals surface area contributed by atoms with Crippen molar-refractivity contribution in [2.75, 3.05) is 13.7 Å². The number of benzene rings is 1. The maximum absolute atomic E-state index is 11.4. The third kappa shape index (κ3) is 3.74. The zero-order valence-corrected chi connectivity index (χ0v) is 11.1. The van der Waals surface area contributed by atoms with E-state index < -0.39 is 18.0 Å². The summed E-state index contributed by atoms with van der Waals surface area (Å²) >= 11 is 0. The molecule has 0 bridgehead atoms. The maximum Gasteiger partial charge on any atom is 0.311 e. The van der Waals surface area contributed by atoms with Gasteiger partial charge in [0, 0.05) is 0 Å². The Morgan fingerprint density at radius 2 is 2.17 bits per heavy atom. The van der Waals surface area contributed by atoms with Gasteiger partial charge >= 0.3 is 5.97 Å². The molecule has 0 aliphatic rings. The maximum atomic E-state index is 11.4. The molecule has 100 valence electrons. The molecule has 0 radical (unpaired) electrons. The molecule has 4 heteroatoms. The van der Waals surface area contributed by atoms with Gasteiger partial charge in [-0.05, 0) is 31.0 Å². The molecule has 0 saturated carbocycles. The lowest BCUT2D eigenvalue weighted by Crippen LogP contribution is -2.20. The molecular formula is C14H20O4. The highest BCUT2D eigenvalue weighted by atomic mass is 16.5. The van der Waals surface area contributed by atoms with E-state index in [1.54, 1.807) is 25.1 Å². The van der Waals surface area contributed by atoms with Crippen molar-refractivity contribution in [2.24, 2.45) is 5.92 Å². The first kappa shape index (κ1) is 14.5. The molecule has 1 rings (SSSR count). The molecule has 0 aromatic heterocycles. The molecule has 0 heterocycles. The molecule has 1 aromatic rings. The van der Waals surface area contributed by atoms with Crippen LogP contribution in [-0.2, 0) is 9.53 Å². The van der Waals surface area contributed by atoms with Crippen LogP contribution in [0.25, 0.3) is 0 Å². The van der Waals surface area contributed by atoms with Gasteiger partial charge in [0.05, 0.1) is 25.7 Å². The lowest BCUT2D eigenvalue weighted by Gasteiger charge is -2.17. The number of carbonyl (C=O) groups excluding carboxylic acids is 1. The topological polar surface area (TPSA) is 55.8 Å². The number of methoxy groups -OCH3 is 1. The molecule has 1 aromatic carbocycles. The molecule has 0 aliphatic carbocycles. The predicted octanol–water partition coefficient (Wildman–Crippen LogP) is 2.32. The van der Waals surface area contributed by atoms with Crippen LogP contribution in [0.3, 0.4) is 0 Å². The van der Waals surface area contributed by atoms with Gasteiger partial charge in [-0.25, -0.2) is 0 Å². The van der Waals surface area contributed by atoms with E-state index in [1.807, 2.05) is 13.0 Å². The van der Waals surface area contributed by atoms with Gasteiger partial charge in [0.1, 0.15) is 5.75 Å². The molecule has 2 unspecified atom stereocenters. The van der Waals surface area contributed by atoms with Gasteiger partial charge < -0.3 is 14.6 Å². The second-order valence-electron chi connectivity index (χ2n) is 4.18. The van der Waals surface area contributed by atoms with E-state index >= 15 is 0 Å². The van der Waals surface area contributed by atoms with E-state index in [0.717, 1.165) is 6.42 Å². The van der Waals surface area contributed by atoms with E-state index in [2.05, 4.69) is 4.74 Å². The van der Waals surface area contributed by atoms with Crippen LogP contribution in [0.5, 0.6) is 5.75 Å². The lowest BCUT2D eigenvalue weighted by molar-refractivity contribution is -0.148. The molecule has 0 fully saturated rings. The van der Waals surface area contributed by atoms with Crippen LogP contribution in [0.4, 0.5) is 0 Å².